The van der Waals surface area contributed by atoms with E-state index in [1.807, 2.05) is 7.05 Å². The van der Waals surface area contributed by atoms with Gasteiger partial charge in [-0.05, 0) is 17.5 Å². The zero-order valence-electron chi connectivity index (χ0n) is 19.3. The molecule has 3 fully saturated rings. The summed E-state index contributed by atoms with van der Waals surface area (Å²) in [6, 6.07) is 21.7. The van der Waals surface area contributed by atoms with E-state index < -0.39 is 0 Å². The summed E-state index contributed by atoms with van der Waals surface area (Å²) in [5.41, 5.74) is 2.63. The standard InChI is InChI=1S/C26H34N4O2.HI/c1-27-26(28-16-22-12-14-32-25(22)21-10-6-3-7-11-21)30-18-23-24(19-30)31-15-13-29(23)17-20-8-4-2-5-9-20;/h2-11,22-25H,12-19H2,1H3,(H,27,28);1H. The summed E-state index contributed by atoms with van der Waals surface area (Å²) >= 11 is 0. The third kappa shape index (κ3) is 5.70. The molecule has 6 nitrogen and oxygen atoms in total. The zero-order chi connectivity index (χ0) is 21.8. The van der Waals surface area contributed by atoms with Gasteiger partial charge in [0.1, 0.15) is 0 Å². The predicted molar refractivity (Wildman–Crippen MR) is 142 cm³/mol. The summed E-state index contributed by atoms with van der Waals surface area (Å²) in [5, 5.41) is 3.65. The van der Waals surface area contributed by atoms with Crippen molar-refractivity contribution in [2.45, 2.75) is 31.2 Å². The van der Waals surface area contributed by atoms with E-state index in [2.05, 4.69) is 80.8 Å². The lowest BCUT2D eigenvalue weighted by atomic mass is 9.95. The molecule has 7 heteroatoms. The van der Waals surface area contributed by atoms with Gasteiger partial charge in [-0.15, -0.1) is 24.0 Å². The second-order valence-corrected chi connectivity index (χ2v) is 9.02. The number of halogens is 1. The van der Waals surface area contributed by atoms with Gasteiger partial charge in [-0.3, -0.25) is 9.89 Å². The maximum Gasteiger partial charge on any atom is 0.193 e. The van der Waals surface area contributed by atoms with E-state index >= 15 is 0 Å². The van der Waals surface area contributed by atoms with Crippen LogP contribution in [0.3, 0.4) is 0 Å². The lowest BCUT2D eigenvalue weighted by Gasteiger charge is -2.36. The summed E-state index contributed by atoms with van der Waals surface area (Å²) in [7, 11) is 1.88. The van der Waals surface area contributed by atoms with Crippen LogP contribution in [0.5, 0.6) is 0 Å². The molecule has 1 N–H and O–H groups in total. The minimum absolute atomic E-state index is 0. The molecule has 2 aromatic carbocycles. The topological polar surface area (TPSA) is 49.3 Å². The normalized spacial score (nSPS) is 27.8. The molecule has 33 heavy (non-hydrogen) atoms. The Kier molecular flexibility index (Phi) is 8.62. The molecule has 0 saturated carbocycles. The summed E-state index contributed by atoms with van der Waals surface area (Å²) in [6.45, 7) is 6.27. The number of benzene rings is 2. The molecule has 0 amide bonds. The van der Waals surface area contributed by atoms with E-state index in [0.29, 0.717) is 12.0 Å². The maximum atomic E-state index is 6.16. The van der Waals surface area contributed by atoms with Gasteiger partial charge in [0.2, 0.25) is 0 Å². The Balaban J connectivity index is 0.00000259. The second-order valence-electron chi connectivity index (χ2n) is 9.02. The highest BCUT2D eigenvalue weighted by molar-refractivity contribution is 14.0. The van der Waals surface area contributed by atoms with Crippen LogP contribution in [-0.2, 0) is 16.0 Å². The number of fused-ring (bicyclic) bond motifs is 1. The first-order valence-corrected chi connectivity index (χ1v) is 11.8. The van der Waals surface area contributed by atoms with Crippen molar-refractivity contribution in [3.63, 3.8) is 0 Å². The Morgan fingerprint density at radius 3 is 2.52 bits per heavy atom. The van der Waals surface area contributed by atoms with Crippen molar-refractivity contribution in [3.05, 3.63) is 71.8 Å². The summed E-state index contributed by atoms with van der Waals surface area (Å²) in [4.78, 5) is 9.56. The molecule has 0 radical (unpaired) electrons. The number of nitrogens with one attached hydrogen (secondary N) is 1. The van der Waals surface area contributed by atoms with Crippen LogP contribution < -0.4 is 5.32 Å². The number of rotatable bonds is 5. The number of guanidine groups is 1. The Morgan fingerprint density at radius 2 is 1.76 bits per heavy atom. The van der Waals surface area contributed by atoms with Gasteiger partial charge in [0.25, 0.3) is 0 Å². The Hall–Kier alpha value is -1.68. The zero-order valence-corrected chi connectivity index (χ0v) is 21.6. The average Bonchev–Trinajstić information content (AvgIpc) is 3.49. The molecule has 3 saturated heterocycles. The van der Waals surface area contributed by atoms with Gasteiger partial charge >= 0.3 is 0 Å². The van der Waals surface area contributed by atoms with Gasteiger partial charge in [-0.25, -0.2) is 0 Å². The first-order chi connectivity index (χ1) is 15.8. The summed E-state index contributed by atoms with van der Waals surface area (Å²) in [5.74, 6) is 1.42. The second kappa shape index (κ2) is 11.6. The SMILES string of the molecule is CN=C(NCC1CCOC1c1ccccc1)N1CC2OCCN(Cc3ccccc3)C2C1.I. The van der Waals surface area contributed by atoms with Crippen LogP contribution in [0.25, 0.3) is 0 Å². The summed E-state index contributed by atoms with van der Waals surface area (Å²) in [6.07, 6.45) is 1.47. The monoisotopic (exact) mass is 562 g/mol. The van der Waals surface area contributed by atoms with Gasteiger partial charge in [-0.2, -0.15) is 0 Å². The predicted octanol–water partition coefficient (Wildman–Crippen LogP) is 3.54. The molecule has 4 atom stereocenters. The smallest absolute Gasteiger partial charge is 0.193 e. The number of hydrogen-bond donors (Lipinski definition) is 1. The molecule has 5 rings (SSSR count). The van der Waals surface area contributed by atoms with Crippen LogP contribution in [0.2, 0.25) is 0 Å². The first kappa shape index (κ1) is 24.4. The van der Waals surface area contributed by atoms with E-state index in [-0.39, 0.29) is 36.2 Å². The minimum Gasteiger partial charge on any atom is -0.373 e. The third-order valence-electron chi connectivity index (χ3n) is 7.02. The number of morpholine rings is 1. The molecule has 178 valence electrons. The molecule has 4 unspecified atom stereocenters. The molecule has 3 heterocycles. The van der Waals surface area contributed by atoms with Gasteiger partial charge in [0.05, 0.1) is 24.9 Å². The van der Waals surface area contributed by atoms with Crippen molar-refractivity contribution >= 4 is 29.9 Å². The molecule has 3 aliphatic heterocycles. The van der Waals surface area contributed by atoms with E-state index in [9.17, 15) is 0 Å². The molecule has 0 bridgehead atoms. The number of hydrogen-bond acceptors (Lipinski definition) is 4. The fraction of sp³-hybridized carbons (Fsp3) is 0.500. The average molecular weight is 562 g/mol. The van der Waals surface area contributed by atoms with Crippen LogP contribution >= 0.6 is 24.0 Å². The number of nitrogens with zero attached hydrogens (tertiary/aromatic N) is 3. The molecule has 2 aromatic rings. The van der Waals surface area contributed by atoms with Crippen LogP contribution in [0.1, 0.15) is 23.7 Å². The molecular formula is C26H35IN4O2. The third-order valence-corrected chi connectivity index (χ3v) is 7.02. The van der Waals surface area contributed by atoms with E-state index in [1.165, 1.54) is 11.1 Å². The van der Waals surface area contributed by atoms with Crippen LogP contribution in [0.4, 0.5) is 0 Å². The quantitative estimate of drug-likeness (QED) is 0.344. The Morgan fingerprint density at radius 1 is 1.00 bits per heavy atom. The highest BCUT2D eigenvalue weighted by Crippen LogP contribution is 2.34. The minimum atomic E-state index is 0. The fourth-order valence-corrected chi connectivity index (χ4v) is 5.35. The van der Waals surface area contributed by atoms with E-state index in [4.69, 9.17) is 9.47 Å². The van der Waals surface area contributed by atoms with Crippen molar-refractivity contribution in [2.24, 2.45) is 10.9 Å². The van der Waals surface area contributed by atoms with Crippen LogP contribution in [-0.4, -0.2) is 74.3 Å². The lowest BCUT2D eigenvalue weighted by Crippen LogP contribution is -2.50. The van der Waals surface area contributed by atoms with Gasteiger partial charge in [-0.1, -0.05) is 60.7 Å². The van der Waals surface area contributed by atoms with E-state index in [1.54, 1.807) is 0 Å². The molecule has 0 aromatic heterocycles. The van der Waals surface area contributed by atoms with Gasteiger partial charge in [0, 0.05) is 52.3 Å². The van der Waals surface area contributed by atoms with Crippen LogP contribution in [0, 0.1) is 5.92 Å². The van der Waals surface area contributed by atoms with Crippen molar-refractivity contribution in [1.29, 1.82) is 0 Å². The lowest BCUT2D eigenvalue weighted by molar-refractivity contribution is -0.0502. The molecule has 0 aliphatic carbocycles. The van der Waals surface area contributed by atoms with Crippen LogP contribution in [0.15, 0.2) is 65.7 Å². The molecule has 0 spiro atoms. The first-order valence-electron chi connectivity index (χ1n) is 11.8. The molecular weight excluding hydrogens is 527 g/mol. The highest BCUT2D eigenvalue weighted by atomic mass is 127. The number of likely N-dealkylation sites (tertiary alicyclic amines) is 1. The number of ether oxygens (including phenoxy) is 2. The Labute approximate surface area is 214 Å². The van der Waals surface area contributed by atoms with Gasteiger partial charge in [0.15, 0.2) is 5.96 Å². The van der Waals surface area contributed by atoms with E-state index in [0.717, 1.165) is 58.3 Å². The largest absolute Gasteiger partial charge is 0.373 e. The maximum absolute atomic E-state index is 6.16. The highest BCUT2D eigenvalue weighted by Gasteiger charge is 2.41. The van der Waals surface area contributed by atoms with Crippen molar-refractivity contribution < 1.29 is 9.47 Å². The van der Waals surface area contributed by atoms with Crippen molar-refractivity contribution in [2.75, 3.05) is 46.4 Å². The number of aliphatic imine (C=N–C) groups is 1. The molecule has 3 aliphatic rings. The van der Waals surface area contributed by atoms with Gasteiger partial charge < -0.3 is 19.7 Å². The van der Waals surface area contributed by atoms with Crippen molar-refractivity contribution in [1.82, 2.24) is 15.1 Å². The fourth-order valence-electron chi connectivity index (χ4n) is 5.35. The summed E-state index contributed by atoms with van der Waals surface area (Å²) < 4.78 is 12.2. The Bertz CT molecular complexity index is 898. The van der Waals surface area contributed by atoms with Crippen molar-refractivity contribution in [3.8, 4) is 0 Å².